The molecule has 0 saturated carbocycles. The number of nitrogens with zero attached hydrogens (tertiary/aromatic N) is 1. The topological polar surface area (TPSA) is 93.7 Å². The van der Waals surface area contributed by atoms with Crippen molar-refractivity contribution in [1.82, 2.24) is 10.2 Å². The molecule has 0 saturated heterocycles. The van der Waals surface area contributed by atoms with Crippen molar-refractivity contribution >= 4 is 5.97 Å². The first kappa shape index (κ1) is 22.8. The lowest BCUT2D eigenvalue weighted by atomic mass is 10.1. The molecule has 0 aliphatic carbocycles. The largest absolute Gasteiger partial charge is 0.507 e. The van der Waals surface area contributed by atoms with Gasteiger partial charge in [-0.25, -0.2) is 9.18 Å². The van der Waals surface area contributed by atoms with Gasteiger partial charge in [0.1, 0.15) is 35.4 Å². The summed E-state index contributed by atoms with van der Waals surface area (Å²) in [6.45, 7) is 4.08. The fourth-order valence-corrected chi connectivity index (χ4v) is 3.27. The van der Waals surface area contributed by atoms with E-state index in [2.05, 4.69) is 10.2 Å². The predicted molar refractivity (Wildman–Crippen MR) is 124 cm³/mol. The van der Waals surface area contributed by atoms with Crippen LogP contribution in [0.3, 0.4) is 0 Å². The van der Waals surface area contributed by atoms with Gasteiger partial charge in [-0.1, -0.05) is 12.1 Å². The summed E-state index contributed by atoms with van der Waals surface area (Å²) in [4.78, 5) is 11.8. The van der Waals surface area contributed by atoms with Crippen molar-refractivity contribution in [3.8, 4) is 34.3 Å². The minimum atomic E-state index is -0.402. The van der Waals surface area contributed by atoms with Gasteiger partial charge in [-0.3, -0.25) is 5.10 Å². The van der Waals surface area contributed by atoms with E-state index in [1.54, 1.807) is 62.4 Å². The molecule has 0 aliphatic heterocycles. The van der Waals surface area contributed by atoms with E-state index in [1.807, 2.05) is 0 Å². The highest BCUT2D eigenvalue weighted by atomic mass is 19.1. The number of aromatic amines is 1. The van der Waals surface area contributed by atoms with E-state index in [0.717, 1.165) is 5.56 Å². The predicted octanol–water partition coefficient (Wildman–Crippen LogP) is 5.78. The number of aromatic hydroxyl groups is 1. The summed E-state index contributed by atoms with van der Waals surface area (Å²) in [5, 5.41) is 17.8. The zero-order valence-corrected chi connectivity index (χ0v) is 18.7. The first-order chi connectivity index (χ1) is 16.4. The van der Waals surface area contributed by atoms with Crippen LogP contribution >= 0.6 is 0 Å². The standard InChI is InChI=1S/C26H23FN2O5/c1-3-32-26(31)18-6-10-20(11-7-18)34-25-16(2)28-29-24(25)22-13-12-21(14-23(22)30)33-15-17-4-8-19(27)9-5-17/h4-14,30H,3,15H2,1-2H3,(H,28,29). The third-order valence-electron chi connectivity index (χ3n) is 5.02. The summed E-state index contributed by atoms with van der Waals surface area (Å²) < 4.78 is 29.8. The van der Waals surface area contributed by atoms with E-state index >= 15 is 0 Å². The number of benzene rings is 3. The Labute approximate surface area is 195 Å². The monoisotopic (exact) mass is 462 g/mol. The number of carbonyl (C=O) groups excluding carboxylic acids is 1. The van der Waals surface area contributed by atoms with Crippen LogP contribution < -0.4 is 9.47 Å². The molecular formula is C26H23FN2O5. The molecule has 0 amide bonds. The second-order valence-corrected chi connectivity index (χ2v) is 7.47. The van der Waals surface area contributed by atoms with Gasteiger partial charge in [0, 0.05) is 11.6 Å². The van der Waals surface area contributed by atoms with Crippen LogP contribution in [0.4, 0.5) is 4.39 Å². The minimum absolute atomic E-state index is 0.0365. The molecule has 3 aromatic carbocycles. The number of ether oxygens (including phenoxy) is 3. The van der Waals surface area contributed by atoms with Crippen molar-refractivity contribution in [2.75, 3.05) is 6.61 Å². The number of esters is 1. The number of phenols is 1. The summed E-state index contributed by atoms with van der Waals surface area (Å²) in [5.41, 5.74) is 2.77. The fourth-order valence-electron chi connectivity index (χ4n) is 3.27. The minimum Gasteiger partial charge on any atom is -0.507 e. The van der Waals surface area contributed by atoms with Gasteiger partial charge in [0.2, 0.25) is 0 Å². The molecule has 0 spiro atoms. The number of phenolic OH excluding ortho intramolecular Hbond substituents is 1. The Kier molecular flexibility index (Phi) is 6.77. The number of aryl methyl sites for hydroxylation is 1. The van der Waals surface area contributed by atoms with E-state index in [9.17, 15) is 14.3 Å². The molecular weight excluding hydrogens is 439 g/mol. The average molecular weight is 462 g/mol. The maximum absolute atomic E-state index is 13.0. The van der Waals surface area contributed by atoms with Crippen molar-refractivity contribution in [3.05, 3.63) is 89.4 Å². The lowest BCUT2D eigenvalue weighted by molar-refractivity contribution is 0.0526. The lowest BCUT2D eigenvalue weighted by Crippen LogP contribution is -2.04. The highest BCUT2D eigenvalue weighted by Gasteiger charge is 2.19. The third-order valence-corrected chi connectivity index (χ3v) is 5.02. The molecule has 174 valence electrons. The van der Waals surface area contributed by atoms with Crippen molar-refractivity contribution in [1.29, 1.82) is 0 Å². The van der Waals surface area contributed by atoms with Crippen LogP contribution in [0, 0.1) is 12.7 Å². The van der Waals surface area contributed by atoms with Gasteiger partial charge in [-0.15, -0.1) is 0 Å². The number of hydrogen-bond acceptors (Lipinski definition) is 6. The third kappa shape index (κ3) is 5.17. The maximum atomic E-state index is 13.0. The Hall–Kier alpha value is -4.33. The van der Waals surface area contributed by atoms with Crippen LogP contribution in [0.25, 0.3) is 11.3 Å². The first-order valence-corrected chi connectivity index (χ1v) is 10.6. The molecule has 7 nitrogen and oxygen atoms in total. The van der Waals surface area contributed by atoms with Crippen LogP contribution in [-0.2, 0) is 11.3 Å². The Balaban J connectivity index is 1.50. The Morgan fingerprint density at radius 3 is 2.41 bits per heavy atom. The highest BCUT2D eigenvalue weighted by Crippen LogP contribution is 2.39. The van der Waals surface area contributed by atoms with Crippen LogP contribution in [0.2, 0.25) is 0 Å². The zero-order valence-electron chi connectivity index (χ0n) is 18.7. The zero-order chi connectivity index (χ0) is 24.1. The maximum Gasteiger partial charge on any atom is 0.338 e. The Morgan fingerprint density at radius 1 is 1.03 bits per heavy atom. The summed E-state index contributed by atoms with van der Waals surface area (Å²) >= 11 is 0. The molecule has 1 heterocycles. The molecule has 8 heteroatoms. The summed E-state index contributed by atoms with van der Waals surface area (Å²) in [6, 6.07) is 17.4. The second kappa shape index (κ2) is 10.1. The fraction of sp³-hybridized carbons (Fsp3) is 0.154. The normalized spacial score (nSPS) is 10.7. The van der Waals surface area contributed by atoms with Crippen molar-refractivity contribution in [2.24, 2.45) is 0 Å². The van der Waals surface area contributed by atoms with Gasteiger partial charge >= 0.3 is 5.97 Å². The molecule has 1 aromatic heterocycles. The number of nitrogens with one attached hydrogen (secondary N) is 1. The van der Waals surface area contributed by atoms with E-state index in [0.29, 0.717) is 46.4 Å². The molecule has 0 aliphatic rings. The number of carbonyl (C=O) groups is 1. The SMILES string of the molecule is CCOC(=O)c1ccc(Oc2c(-c3ccc(OCc4ccc(F)cc4)cc3O)n[nH]c2C)cc1. The molecule has 34 heavy (non-hydrogen) atoms. The average Bonchev–Trinajstić information content (AvgIpc) is 3.19. The highest BCUT2D eigenvalue weighted by molar-refractivity contribution is 5.89. The Morgan fingerprint density at radius 2 is 1.74 bits per heavy atom. The number of H-pyrrole nitrogens is 1. The molecule has 4 rings (SSSR count). The molecule has 0 fully saturated rings. The lowest BCUT2D eigenvalue weighted by Gasteiger charge is -2.11. The molecule has 0 bridgehead atoms. The van der Waals surface area contributed by atoms with Crippen LogP contribution in [-0.4, -0.2) is 27.9 Å². The van der Waals surface area contributed by atoms with Gasteiger partial charge in [0.25, 0.3) is 0 Å². The van der Waals surface area contributed by atoms with Crippen molar-refractivity contribution < 1.29 is 28.5 Å². The smallest absolute Gasteiger partial charge is 0.338 e. The molecule has 0 atom stereocenters. The Bertz CT molecular complexity index is 1280. The van der Waals surface area contributed by atoms with E-state index < -0.39 is 5.97 Å². The van der Waals surface area contributed by atoms with Crippen molar-refractivity contribution in [3.63, 3.8) is 0 Å². The summed E-state index contributed by atoms with van der Waals surface area (Å²) in [5.74, 6) is 0.645. The number of rotatable bonds is 8. The molecule has 4 aromatic rings. The summed E-state index contributed by atoms with van der Waals surface area (Å²) in [7, 11) is 0. The van der Waals surface area contributed by atoms with Crippen LogP contribution in [0.1, 0.15) is 28.5 Å². The molecule has 0 unspecified atom stereocenters. The number of hydrogen-bond donors (Lipinski definition) is 2. The van der Waals surface area contributed by atoms with E-state index in [-0.39, 0.29) is 18.2 Å². The van der Waals surface area contributed by atoms with E-state index in [1.165, 1.54) is 18.2 Å². The van der Waals surface area contributed by atoms with Crippen LogP contribution in [0.5, 0.6) is 23.0 Å². The van der Waals surface area contributed by atoms with Gasteiger partial charge < -0.3 is 19.3 Å². The quantitative estimate of drug-likeness (QED) is 0.323. The summed E-state index contributed by atoms with van der Waals surface area (Å²) in [6.07, 6.45) is 0. The first-order valence-electron chi connectivity index (χ1n) is 10.6. The van der Waals surface area contributed by atoms with Crippen LogP contribution in [0.15, 0.2) is 66.7 Å². The van der Waals surface area contributed by atoms with Crippen molar-refractivity contribution in [2.45, 2.75) is 20.5 Å². The van der Waals surface area contributed by atoms with E-state index in [4.69, 9.17) is 14.2 Å². The molecule has 2 N–H and O–H groups in total. The number of halogens is 1. The van der Waals surface area contributed by atoms with Gasteiger partial charge in [-0.05, 0) is 67.9 Å². The van der Waals surface area contributed by atoms with Gasteiger partial charge in [0.15, 0.2) is 5.75 Å². The number of aromatic nitrogens is 2. The molecule has 0 radical (unpaired) electrons. The van der Waals surface area contributed by atoms with Gasteiger partial charge in [0.05, 0.1) is 17.9 Å². The second-order valence-electron chi connectivity index (χ2n) is 7.47. The van der Waals surface area contributed by atoms with Gasteiger partial charge in [-0.2, -0.15) is 5.10 Å².